The second-order valence-corrected chi connectivity index (χ2v) is 7.46. The van der Waals surface area contributed by atoms with Gasteiger partial charge in [0, 0.05) is 13.0 Å². The molecule has 2 aromatic rings. The summed E-state index contributed by atoms with van der Waals surface area (Å²) in [6, 6.07) is 17.1. The highest BCUT2D eigenvalue weighted by atomic mass is 16.5. The smallest absolute Gasteiger partial charge is 0.252 e. The quantitative estimate of drug-likeness (QED) is 0.908. The van der Waals surface area contributed by atoms with E-state index in [0.717, 1.165) is 24.9 Å². The van der Waals surface area contributed by atoms with Crippen LogP contribution >= 0.6 is 0 Å². The lowest BCUT2D eigenvalue weighted by molar-refractivity contribution is -0.133. The first-order valence-electron chi connectivity index (χ1n) is 9.45. The zero-order valence-corrected chi connectivity index (χ0v) is 15.4. The van der Waals surface area contributed by atoms with E-state index in [1.807, 2.05) is 42.5 Å². The molecule has 5 heteroatoms. The molecule has 4 rings (SSSR count). The predicted molar refractivity (Wildman–Crippen MR) is 104 cm³/mol. The van der Waals surface area contributed by atoms with Gasteiger partial charge < -0.3 is 15.0 Å². The van der Waals surface area contributed by atoms with Crippen molar-refractivity contribution >= 4 is 17.5 Å². The fraction of sp³-hybridized carbons (Fsp3) is 0.364. The number of likely N-dealkylation sites (N-methyl/N-ethyl adjacent to an activating group) is 1. The van der Waals surface area contributed by atoms with E-state index in [9.17, 15) is 9.59 Å². The summed E-state index contributed by atoms with van der Waals surface area (Å²) < 4.78 is 5.76. The Bertz CT molecular complexity index is 830. The average molecular weight is 364 g/mol. The molecule has 1 heterocycles. The third kappa shape index (κ3) is 3.68. The highest BCUT2D eigenvalue weighted by molar-refractivity contribution is 6.00. The summed E-state index contributed by atoms with van der Waals surface area (Å²) in [7, 11) is 1.72. The van der Waals surface area contributed by atoms with E-state index in [1.165, 1.54) is 5.56 Å². The SMILES string of the molecule is CN1C(=O)C(NC(=O)C2CC(Cc3ccccc3)C2)COc2ccccc21. The van der Waals surface area contributed by atoms with Crippen LogP contribution in [0.25, 0.3) is 0 Å². The number of nitrogens with zero attached hydrogens (tertiary/aromatic N) is 1. The third-order valence-corrected chi connectivity index (χ3v) is 5.55. The predicted octanol–water partition coefficient (Wildman–Crippen LogP) is 2.80. The van der Waals surface area contributed by atoms with Gasteiger partial charge in [0.2, 0.25) is 5.91 Å². The first-order chi connectivity index (χ1) is 13.1. The van der Waals surface area contributed by atoms with E-state index in [2.05, 4.69) is 17.4 Å². The molecular formula is C22H24N2O3. The molecule has 2 aliphatic rings. The number of rotatable bonds is 4. The van der Waals surface area contributed by atoms with Crippen LogP contribution in [0.2, 0.25) is 0 Å². The molecule has 2 aromatic carbocycles. The fourth-order valence-electron chi connectivity index (χ4n) is 3.91. The van der Waals surface area contributed by atoms with Gasteiger partial charge in [-0.05, 0) is 42.9 Å². The number of ether oxygens (including phenoxy) is 1. The molecule has 1 saturated carbocycles. The average Bonchev–Trinajstić information content (AvgIpc) is 2.77. The van der Waals surface area contributed by atoms with Gasteiger partial charge in [0.25, 0.3) is 5.91 Å². The Balaban J connectivity index is 1.32. The Morgan fingerprint density at radius 3 is 2.59 bits per heavy atom. The Hall–Kier alpha value is -2.82. The molecule has 0 saturated heterocycles. The number of carbonyl (C=O) groups is 2. The lowest BCUT2D eigenvalue weighted by Crippen LogP contribution is -2.52. The first kappa shape index (κ1) is 17.6. The maximum absolute atomic E-state index is 12.7. The van der Waals surface area contributed by atoms with Crippen LogP contribution in [-0.4, -0.2) is 31.5 Å². The third-order valence-electron chi connectivity index (χ3n) is 5.55. The number of anilines is 1. The van der Waals surface area contributed by atoms with Gasteiger partial charge in [0.1, 0.15) is 18.4 Å². The molecule has 0 aromatic heterocycles. The van der Waals surface area contributed by atoms with Crippen LogP contribution in [0.4, 0.5) is 5.69 Å². The van der Waals surface area contributed by atoms with E-state index >= 15 is 0 Å². The lowest BCUT2D eigenvalue weighted by atomic mass is 9.71. The Morgan fingerprint density at radius 2 is 1.81 bits per heavy atom. The Morgan fingerprint density at radius 1 is 1.11 bits per heavy atom. The fourth-order valence-corrected chi connectivity index (χ4v) is 3.91. The van der Waals surface area contributed by atoms with Crippen molar-refractivity contribution in [2.24, 2.45) is 11.8 Å². The van der Waals surface area contributed by atoms with Crippen molar-refractivity contribution in [2.45, 2.75) is 25.3 Å². The van der Waals surface area contributed by atoms with Crippen molar-refractivity contribution in [3.8, 4) is 5.75 Å². The summed E-state index contributed by atoms with van der Waals surface area (Å²) in [5, 5.41) is 2.91. The largest absolute Gasteiger partial charge is 0.489 e. The minimum Gasteiger partial charge on any atom is -0.489 e. The van der Waals surface area contributed by atoms with Crippen LogP contribution < -0.4 is 15.0 Å². The van der Waals surface area contributed by atoms with Crippen molar-refractivity contribution in [1.82, 2.24) is 5.32 Å². The molecular weight excluding hydrogens is 340 g/mol. The Kier molecular flexibility index (Phi) is 4.84. The highest BCUT2D eigenvalue weighted by Crippen LogP contribution is 2.36. The van der Waals surface area contributed by atoms with Gasteiger partial charge in [0.05, 0.1) is 5.69 Å². The molecule has 0 radical (unpaired) electrons. The molecule has 2 amide bonds. The summed E-state index contributed by atoms with van der Waals surface area (Å²) in [4.78, 5) is 26.9. The van der Waals surface area contributed by atoms with E-state index in [4.69, 9.17) is 4.74 Å². The Labute approximate surface area is 159 Å². The minimum absolute atomic E-state index is 0.0116. The minimum atomic E-state index is -0.650. The van der Waals surface area contributed by atoms with Crippen molar-refractivity contribution in [2.75, 3.05) is 18.6 Å². The van der Waals surface area contributed by atoms with Crippen molar-refractivity contribution in [1.29, 1.82) is 0 Å². The topological polar surface area (TPSA) is 58.6 Å². The standard InChI is InChI=1S/C22H24N2O3/c1-24-19-9-5-6-10-20(19)27-14-18(22(24)26)23-21(25)17-12-16(13-17)11-15-7-3-2-4-8-15/h2-10,16-18H,11-14H2,1H3,(H,23,25). The van der Waals surface area contributed by atoms with E-state index in [-0.39, 0.29) is 24.3 Å². The zero-order valence-electron chi connectivity index (χ0n) is 15.4. The molecule has 1 fully saturated rings. The summed E-state index contributed by atoms with van der Waals surface area (Å²) in [6.07, 6.45) is 2.76. The van der Waals surface area contributed by atoms with Crippen molar-refractivity contribution in [3.05, 3.63) is 60.2 Å². The van der Waals surface area contributed by atoms with Crippen LogP contribution in [0, 0.1) is 11.8 Å². The zero-order chi connectivity index (χ0) is 18.8. The number of para-hydroxylation sites is 2. The van der Waals surface area contributed by atoms with Gasteiger partial charge in [-0.2, -0.15) is 0 Å². The summed E-state index contributed by atoms with van der Waals surface area (Å²) in [5.41, 5.74) is 2.04. The summed E-state index contributed by atoms with van der Waals surface area (Å²) >= 11 is 0. The van der Waals surface area contributed by atoms with Gasteiger partial charge in [-0.15, -0.1) is 0 Å². The molecule has 5 nitrogen and oxygen atoms in total. The van der Waals surface area contributed by atoms with Crippen LogP contribution in [-0.2, 0) is 16.0 Å². The van der Waals surface area contributed by atoms with Crippen LogP contribution in [0.5, 0.6) is 5.75 Å². The van der Waals surface area contributed by atoms with Gasteiger partial charge in [-0.25, -0.2) is 0 Å². The van der Waals surface area contributed by atoms with Crippen LogP contribution in [0.15, 0.2) is 54.6 Å². The molecule has 1 N–H and O–H groups in total. The summed E-state index contributed by atoms with van der Waals surface area (Å²) in [5.74, 6) is 1.00. The lowest BCUT2D eigenvalue weighted by Gasteiger charge is -2.35. The van der Waals surface area contributed by atoms with E-state index in [0.29, 0.717) is 11.7 Å². The molecule has 27 heavy (non-hydrogen) atoms. The normalized spacial score (nSPS) is 24.3. The molecule has 1 aliphatic heterocycles. The van der Waals surface area contributed by atoms with Gasteiger partial charge in [-0.1, -0.05) is 42.5 Å². The van der Waals surface area contributed by atoms with Crippen molar-refractivity contribution < 1.29 is 14.3 Å². The number of nitrogens with one attached hydrogen (secondary N) is 1. The number of benzene rings is 2. The molecule has 1 unspecified atom stereocenters. The second kappa shape index (κ2) is 7.43. The highest BCUT2D eigenvalue weighted by Gasteiger charge is 2.37. The number of fused-ring (bicyclic) bond motifs is 1. The molecule has 0 spiro atoms. The molecule has 0 bridgehead atoms. The maximum Gasteiger partial charge on any atom is 0.252 e. The van der Waals surface area contributed by atoms with Gasteiger partial charge >= 0.3 is 0 Å². The van der Waals surface area contributed by atoms with Crippen LogP contribution in [0.3, 0.4) is 0 Å². The first-order valence-corrected chi connectivity index (χ1v) is 9.45. The monoisotopic (exact) mass is 364 g/mol. The van der Waals surface area contributed by atoms with E-state index < -0.39 is 6.04 Å². The number of hydrogen-bond donors (Lipinski definition) is 1. The number of amides is 2. The molecule has 1 aliphatic carbocycles. The van der Waals surface area contributed by atoms with Crippen molar-refractivity contribution in [3.63, 3.8) is 0 Å². The second-order valence-electron chi connectivity index (χ2n) is 7.46. The van der Waals surface area contributed by atoms with Crippen LogP contribution in [0.1, 0.15) is 18.4 Å². The molecule has 140 valence electrons. The van der Waals surface area contributed by atoms with Gasteiger partial charge in [0.15, 0.2) is 0 Å². The number of hydrogen-bond acceptors (Lipinski definition) is 3. The number of carbonyl (C=O) groups excluding carboxylic acids is 2. The van der Waals surface area contributed by atoms with Gasteiger partial charge in [-0.3, -0.25) is 9.59 Å². The van der Waals surface area contributed by atoms with E-state index in [1.54, 1.807) is 11.9 Å². The maximum atomic E-state index is 12.7. The molecule has 1 atom stereocenters. The summed E-state index contributed by atoms with van der Waals surface area (Å²) in [6.45, 7) is 0.159.